The van der Waals surface area contributed by atoms with Gasteiger partial charge in [0.2, 0.25) is 11.8 Å². The average Bonchev–Trinajstić information content (AvgIpc) is 2.80. The Bertz CT molecular complexity index is 920. The fourth-order valence-electron chi connectivity index (χ4n) is 4.66. The van der Waals surface area contributed by atoms with Crippen molar-refractivity contribution >= 4 is 17.9 Å². The molecule has 0 aromatic heterocycles. The van der Waals surface area contributed by atoms with Crippen molar-refractivity contribution in [2.24, 2.45) is 5.92 Å². The predicted molar refractivity (Wildman–Crippen MR) is 160 cm³/mol. The highest BCUT2D eigenvalue weighted by Crippen LogP contribution is 2.29. The number of hydrogen-bond donors (Lipinski definition) is 2. The molecular formula is C32H55N3O4. The summed E-state index contributed by atoms with van der Waals surface area (Å²) in [5.41, 5.74) is 2.18. The summed E-state index contributed by atoms with van der Waals surface area (Å²) in [4.78, 5) is 42.6. The van der Waals surface area contributed by atoms with E-state index in [4.69, 9.17) is 4.74 Å². The second-order valence-electron chi connectivity index (χ2n) is 12.5. The van der Waals surface area contributed by atoms with Crippen molar-refractivity contribution in [2.75, 3.05) is 6.54 Å². The summed E-state index contributed by atoms with van der Waals surface area (Å²) in [7, 11) is 0. The first-order chi connectivity index (χ1) is 18.2. The molecule has 1 rings (SSSR count). The number of hydrogen-bond acceptors (Lipinski definition) is 4. The molecule has 0 aliphatic rings. The van der Waals surface area contributed by atoms with Crippen LogP contribution in [0, 0.1) is 19.8 Å². The molecule has 0 saturated carbocycles. The number of ether oxygens (including phenoxy) is 1. The van der Waals surface area contributed by atoms with Crippen molar-refractivity contribution in [3.8, 4) is 0 Å². The minimum absolute atomic E-state index is 0.0811. The van der Waals surface area contributed by atoms with E-state index in [0.717, 1.165) is 42.4 Å². The van der Waals surface area contributed by atoms with E-state index >= 15 is 0 Å². The number of rotatable bonds is 15. The van der Waals surface area contributed by atoms with Crippen LogP contribution in [0.3, 0.4) is 0 Å². The zero-order chi connectivity index (χ0) is 29.8. The van der Waals surface area contributed by atoms with Crippen LogP contribution >= 0.6 is 0 Å². The van der Waals surface area contributed by atoms with Gasteiger partial charge in [0.1, 0.15) is 17.7 Å². The van der Waals surface area contributed by atoms with Crippen molar-refractivity contribution in [1.29, 1.82) is 0 Å². The van der Waals surface area contributed by atoms with Crippen LogP contribution in [0.25, 0.3) is 0 Å². The van der Waals surface area contributed by atoms with Gasteiger partial charge in [0.25, 0.3) is 0 Å². The van der Waals surface area contributed by atoms with Gasteiger partial charge in [0.05, 0.1) is 0 Å². The first kappa shape index (κ1) is 34.5. The van der Waals surface area contributed by atoms with E-state index < -0.39 is 23.8 Å². The van der Waals surface area contributed by atoms with E-state index in [0.29, 0.717) is 13.0 Å². The molecule has 222 valence electrons. The Labute approximate surface area is 237 Å². The van der Waals surface area contributed by atoms with Crippen LogP contribution in [0.1, 0.15) is 123 Å². The summed E-state index contributed by atoms with van der Waals surface area (Å²) in [5.74, 6) is -0.319. The number of nitrogens with one attached hydrogen (secondary N) is 2. The Balaban J connectivity index is 3.51. The molecule has 1 aromatic carbocycles. The topological polar surface area (TPSA) is 87.7 Å². The third-order valence-electron chi connectivity index (χ3n) is 6.66. The quantitative estimate of drug-likeness (QED) is 0.232. The molecule has 0 aliphatic carbocycles. The van der Waals surface area contributed by atoms with Gasteiger partial charge in [-0.25, -0.2) is 4.79 Å². The molecule has 7 heteroatoms. The van der Waals surface area contributed by atoms with Crippen LogP contribution in [-0.4, -0.2) is 47.0 Å². The minimum Gasteiger partial charge on any atom is -0.444 e. The lowest BCUT2D eigenvalue weighted by atomic mass is 9.93. The van der Waals surface area contributed by atoms with E-state index in [1.165, 1.54) is 12.8 Å². The molecule has 0 aliphatic heterocycles. The second kappa shape index (κ2) is 16.5. The highest BCUT2D eigenvalue weighted by molar-refractivity contribution is 5.92. The molecule has 0 bridgehead atoms. The molecule has 0 heterocycles. The van der Waals surface area contributed by atoms with Gasteiger partial charge < -0.3 is 20.3 Å². The van der Waals surface area contributed by atoms with Crippen LogP contribution in [0.2, 0.25) is 0 Å². The highest BCUT2D eigenvalue weighted by Gasteiger charge is 2.37. The highest BCUT2D eigenvalue weighted by atomic mass is 16.6. The van der Waals surface area contributed by atoms with Gasteiger partial charge in [-0.2, -0.15) is 0 Å². The van der Waals surface area contributed by atoms with E-state index in [1.807, 2.05) is 59.7 Å². The first-order valence-corrected chi connectivity index (χ1v) is 14.8. The lowest BCUT2D eigenvalue weighted by molar-refractivity contribution is -0.143. The Kier molecular flexibility index (Phi) is 14.6. The third-order valence-corrected chi connectivity index (χ3v) is 6.66. The van der Waals surface area contributed by atoms with Crippen molar-refractivity contribution in [2.45, 2.75) is 138 Å². The summed E-state index contributed by atoms with van der Waals surface area (Å²) in [6.45, 7) is 19.9. The molecule has 2 N–H and O–H groups in total. The number of carbonyl (C=O) groups is 3. The molecule has 0 radical (unpaired) electrons. The Morgan fingerprint density at radius 2 is 1.54 bits per heavy atom. The van der Waals surface area contributed by atoms with Gasteiger partial charge >= 0.3 is 6.09 Å². The standard InChI is InChI=1S/C32H55N3O4/c1-11-12-13-14-15-16-20-35(30(37)27(21-22(2)3)34-31(38)39-32(8,9)10)28(29(36)33-23(4)5)26-19-17-18-24(6)25(26)7/h17-19,22-23,27-28H,11-16,20-21H2,1-10H3,(H,33,36)(H,34,38). The lowest BCUT2D eigenvalue weighted by Crippen LogP contribution is -2.54. The molecule has 2 unspecified atom stereocenters. The van der Waals surface area contributed by atoms with E-state index in [1.54, 1.807) is 25.7 Å². The number of unbranched alkanes of at least 4 members (excludes halogenated alkanes) is 5. The predicted octanol–water partition coefficient (Wildman–Crippen LogP) is 7.00. The molecule has 0 fully saturated rings. The van der Waals surface area contributed by atoms with Crippen molar-refractivity contribution in [3.63, 3.8) is 0 Å². The zero-order valence-electron chi connectivity index (χ0n) is 26.3. The van der Waals surface area contributed by atoms with Crippen LogP contribution in [0.5, 0.6) is 0 Å². The summed E-state index contributed by atoms with van der Waals surface area (Å²) < 4.78 is 5.50. The molecule has 1 aromatic rings. The molecule has 0 spiro atoms. The Hall–Kier alpha value is -2.57. The van der Waals surface area contributed by atoms with Crippen molar-refractivity contribution < 1.29 is 19.1 Å². The summed E-state index contributed by atoms with van der Waals surface area (Å²) >= 11 is 0. The lowest BCUT2D eigenvalue weighted by Gasteiger charge is -2.36. The van der Waals surface area contributed by atoms with Gasteiger partial charge in [-0.1, -0.05) is 71.1 Å². The summed E-state index contributed by atoms with van der Waals surface area (Å²) in [5, 5.41) is 5.88. The number of nitrogens with zero attached hydrogens (tertiary/aromatic N) is 1. The largest absolute Gasteiger partial charge is 0.444 e. The van der Waals surface area contributed by atoms with Gasteiger partial charge in [0.15, 0.2) is 0 Å². The fourth-order valence-corrected chi connectivity index (χ4v) is 4.66. The maximum absolute atomic E-state index is 14.3. The van der Waals surface area contributed by atoms with Crippen LogP contribution in [0.15, 0.2) is 18.2 Å². The number of amides is 3. The van der Waals surface area contributed by atoms with Crippen LogP contribution in [0.4, 0.5) is 4.79 Å². The van der Waals surface area contributed by atoms with Crippen molar-refractivity contribution in [3.05, 3.63) is 34.9 Å². The molecule has 39 heavy (non-hydrogen) atoms. The van der Waals surface area contributed by atoms with Gasteiger partial charge in [-0.05, 0) is 83.9 Å². The van der Waals surface area contributed by atoms with Gasteiger partial charge in [-0.3, -0.25) is 9.59 Å². The summed E-state index contributed by atoms with van der Waals surface area (Å²) in [6, 6.07) is 4.20. The monoisotopic (exact) mass is 545 g/mol. The third kappa shape index (κ3) is 12.4. The van der Waals surface area contributed by atoms with Crippen molar-refractivity contribution in [1.82, 2.24) is 15.5 Å². The molecule has 0 saturated heterocycles. The normalized spacial score (nSPS) is 13.2. The molecule has 3 amide bonds. The number of benzene rings is 1. The zero-order valence-corrected chi connectivity index (χ0v) is 26.3. The van der Waals surface area contributed by atoms with Gasteiger partial charge in [0, 0.05) is 12.6 Å². The maximum Gasteiger partial charge on any atom is 0.408 e. The van der Waals surface area contributed by atoms with E-state index in [9.17, 15) is 14.4 Å². The Morgan fingerprint density at radius 1 is 0.923 bits per heavy atom. The molecular weight excluding hydrogens is 490 g/mol. The first-order valence-electron chi connectivity index (χ1n) is 14.8. The SMILES string of the molecule is CCCCCCCCN(C(=O)C(CC(C)C)NC(=O)OC(C)(C)C)C(C(=O)NC(C)C)c1cccc(C)c1C. The smallest absolute Gasteiger partial charge is 0.408 e. The van der Waals surface area contributed by atoms with E-state index in [-0.39, 0.29) is 23.8 Å². The maximum atomic E-state index is 14.3. The van der Waals surface area contributed by atoms with Crippen LogP contribution in [-0.2, 0) is 14.3 Å². The number of alkyl carbamates (subject to hydrolysis) is 1. The molecule has 2 atom stereocenters. The van der Waals surface area contributed by atoms with E-state index in [2.05, 4.69) is 17.6 Å². The Morgan fingerprint density at radius 3 is 2.10 bits per heavy atom. The minimum atomic E-state index is -0.806. The second-order valence-corrected chi connectivity index (χ2v) is 12.5. The number of carbonyl (C=O) groups excluding carboxylic acids is 3. The fraction of sp³-hybridized carbons (Fsp3) is 0.719. The summed E-state index contributed by atoms with van der Waals surface area (Å²) in [6.07, 6.45) is 6.19. The average molecular weight is 546 g/mol. The molecule has 7 nitrogen and oxygen atoms in total. The number of aryl methyl sites for hydroxylation is 1. The van der Waals surface area contributed by atoms with Gasteiger partial charge in [-0.15, -0.1) is 0 Å². The van der Waals surface area contributed by atoms with Crippen LogP contribution < -0.4 is 10.6 Å².